The average molecular weight is 284 g/mol. The van der Waals surface area contributed by atoms with E-state index >= 15 is 0 Å². The summed E-state index contributed by atoms with van der Waals surface area (Å²) >= 11 is 0. The first-order valence-electron chi connectivity index (χ1n) is 7.52. The van der Waals surface area contributed by atoms with E-state index in [0.29, 0.717) is 12.5 Å². The fourth-order valence-corrected chi connectivity index (χ4v) is 2.84. The quantitative estimate of drug-likeness (QED) is 0.922. The number of fused-ring (bicyclic) bond motifs is 1. The van der Waals surface area contributed by atoms with Gasteiger partial charge in [0.25, 0.3) is 0 Å². The van der Waals surface area contributed by atoms with Crippen LogP contribution in [-0.2, 0) is 0 Å². The summed E-state index contributed by atoms with van der Waals surface area (Å²) in [6, 6.07) is 8.17. The highest BCUT2D eigenvalue weighted by molar-refractivity contribution is 5.75. The second-order valence-electron chi connectivity index (χ2n) is 5.38. The Balaban J connectivity index is 1.69. The van der Waals surface area contributed by atoms with E-state index in [1.807, 2.05) is 24.0 Å². The zero-order chi connectivity index (χ0) is 14.7. The van der Waals surface area contributed by atoms with E-state index in [2.05, 4.69) is 27.4 Å². The van der Waals surface area contributed by atoms with E-state index in [4.69, 9.17) is 0 Å². The van der Waals surface area contributed by atoms with Gasteiger partial charge in [-0.2, -0.15) is 0 Å². The molecule has 1 aliphatic rings. The number of piperidine rings is 1. The van der Waals surface area contributed by atoms with E-state index in [1.165, 1.54) is 0 Å². The smallest absolute Gasteiger partial charge is 0.317 e. The Morgan fingerprint density at radius 1 is 1.33 bits per heavy atom. The molecular formula is C16H20N4O. The summed E-state index contributed by atoms with van der Waals surface area (Å²) in [6.07, 6.45) is 3.70. The topological polar surface area (TPSA) is 58.1 Å². The van der Waals surface area contributed by atoms with Gasteiger partial charge in [-0.3, -0.25) is 0 Å². The number of carbonyl (C=O) groups excluding carboxylic acids is 1. The predicted octanol–water partition coefficient (Wildman–Crippen LogP) is 2.54. The van der Waals surface area contributed by atoms with E-state index in [0.717, 1.165) is 42.7 Å². The standard InChI is InChI=1S/C16H20N4O/c1-2-17-16(21)20-10-7-12(8-11-20)14-6-5-13-4-3-9-18-15(13)19-14/h3-6,9,12H,2,7-8,10-11H2,1H3,(H,17,21). The molecule has 0 atom stereocenters. The lowest BCUT2D eigenvalue weighted by Crippen LogP contribution is -2.44. The van der Waals surface area contributed by atoms with E-state index in [1.54, 1.807) is 6.20 Å². The molecule has 5 nitrogen and oxygen atoms in total. The summed E-state index contributed by atoms with van der Waals surface area (Å²) in [5.41, 5.74) is 1.90. The lowest BCUT2D eigenvalue weighted by atomic mass is 9.93. The van der Waals surface area contributed by atoms with Crippen molar-refractivity contribution in [2.45, 2.75) is 25.7 Å². The molecular weight excluding hydrogens is 264 g/mol. The van der Waals surface area contributed by atoms with Gasteiger partial charge in [0.2, 0.25) is 0 Å². The molecule has 0 aromatic carbocycles. The zero-order valence-corrected chi connectivity index (χ0v) is 12.2. The van der Waals surface area contributed by atoms with E-state index in [9.17, 15) is 4.79 Å². The molecule has 0 aliphatic carbocycles. The SMILES string of the molecule is CCNC(=O)N1CCC(c2ccc3cccnc3n2)CC1. The molecule has 1 N–H and O–H groups in total. The third-order valence-corrected chi connectivity index (χ3v) is 4.01. The van der Waals surface area contributed by atoms with Gasteiger partial charge in [0.1, 0.15) is 0 Å². The van der Waals surface area contributed by atoms with Crippen LogP contribution in [0.4, 0.5) is 4.79 Å². The molecule has 0 unspecified atom stereocenters. The van der Waals surface area contributed by atoms with Gasteiger partial charge in [0.05, 0.1) is 0 Å². The van der Waals surface area contributed by atoms with Crippen molar-refractivity contribution in [3.63, 3.8) is 0 Å². The number of urea groups is 1. The van der Waals surface area contributed by atoms with Crippen LogP contribution in [0.5, 0.6) is 0 Å². The van der Waals surface area contributed by atoms with Crippen molar-refractivity contribution in [3.8, 4) is 0 Å². The van der Waals surface area contributed by atoms with Crippen LogP contribution in [0.3, 0.4) is 0 Å². The number of hydrogen-bond donors (Lipinski definition) is 1. The lowest BCUT2D eigenvalue weighted by Gasteiger charge is -2.31. The maximum atomic E-state index is 11.8. The van der Waals surface area contributed by atoms with Crippen LogP contribution in [0, 0.1) is 0 Å². The highest BCUT2D eigenvalue weighted by atomic mass is 16.2. The Morgan fingerprint density at radius 2 is 2.14 bits per heavy atom. The van der Waals surface area contributed by atoms with Gasteiger partial charge in [-0.15, -0.1) is 0 Å². The summed E-state index contributed by atoms with van der Waals surface area (Å²) in [5, 5.41) is 3.93. The normalized spacial score (nSPS) is 16.1. The Kier molecular flexibility index (Phi) is 3.99. The lowest BCUT2D eigenvalue weighted by molar-refractivity contribution is 0.181. The van der Waals surface area contributed by atoms with Crippen molar-refractivity contribution in [1.82, 2.24) is 20.2 Å². The first-order chi connectivity index (χ1) is 10.3. The van der Waals surface area contributed by atoms with Crippen molar-refractivity contribution in [2.24, 2.45) is 0 Å². The van der Waals surface area contributed by atoms with E-state index in [-0.39, 0.29) is 6.03 Å². The van der Waals surface area contributed by atoms with Crippen molar-refractivity contribution in [3.05, 3.63) is 36.2 Å². The number of rotatable bonds is 2. The first-order valence-corrected chi connectivity index (χ1v) is 7.52. The second kappa shape index (κ2) is 6.08. The van der Waals surface area contributed by atoms with Crippen LogP contribution in [0.25, 0.3) is 11.0 Å². The summed E-state index contributed by atoms with van der Waals surface area (Å²) in [5.74, 6) is 0.419. The van der Waals surface area contributed by atoms with Crippen molar-refractivity contribution >= 4 is 17.1 Å². The molecule has 2 aromatic heterocycles. The molecule has 0 spiro atoms. The molecule has 2 aromatic rings. The fourth-order valence-electron chi connectivity index (χ4n) is 2.84. The summed E-state index contributed by atoms with van der Waals surface area (Å²) < 4.78 is 0. The molecule has 21 heavy (non-hydrogen) atoms. The molecule has 3 heterocycles. The third kappa shape index (κ3) is 2.96. The molecule has 0 bridgehead atoms. The molecule has 1 aliphatic heterocycles. The molecule has 0 radical (unpaired) electrons. The number of hydrogen-bond acceptors (Lipinski definition) is 3. The zero-order valence-electron chi connectivity index (χ0n) is 12.2. The summed E-state index contributed by atoms with van der Waals surface area (Å²) in [7, 11) is 0. The third-order valence-electron chi connectivity index (χ3n) is 4.01. The monoisotopic (exact) mass is 284 g/mol. The maximum Gasteiger partial charge on any atom is 0.317 e. The molecule has 3 rings (SSSR count). The maximum absolute atomic E-state index is 11.8. The number of aromatic nitrogens is 2. The number of amides is 2. The highest BCUT2D eigenvalue weighted by Gasteiger charge is 2.24. The number of nitrogens with one attached hydrogen (secondary N) is 1. The van der Waals surface area contributed by atoms with Crippen molar-refractivity contribution in [2.75, 3.05) is 19.6 Å². The van der Waals surface area contributed by atoms with Gasteiger partial charge < -0.3 is 10.2 Å². The first kappa shape index (κ1) is 13.8. The fraction of sp³-hybridized carbons (Fsp3) is 0.438. The van der Waals surface area contributed by atoms with Gasteiger partial charge in [-0.1, -0.05) is 0 Å². The van der Waals surface area contributed by atoms with Crippen molar-refractivity contribution < 1.29 is 4.79 Å². The highest BCUT2D eigenvalue weighted by Crippen LogP contribution is 2.27. The van der Waals surface area contributed by atoms with Crippen LogP contribution >= 0.6 is 0 Å². The van der Waals surface area contributed by atoms with Gasteiger partial charge in [-0.05, 0) is 44.0 Å². The van der Waals surface area contributed by atoms with Gasteiger partial charge >= 0.3 is 6.03 Å². The minimum absolute atomic E-state index is 0.0455. The van der Waals surface area contributed by atoms with E-state index < -0.39 is 0 Å². The minimum Gasteiger partial charge on any atom is -0.338 e. The summed E-state index contributed by atoms with van der Waals surface area (Å²) in [4.78, 5) is 22.7. The largest absolute Gasteiger partial charge is 0.338 e. The number of likely N-dealkylation sites (tertiary alicyclic amines) is 1. The minimum atomic E-state index is 0.0455. The Bertz CT molecular complexity index is 635. The Hall–Kier alpha value is -2.17. The van der Waals surface area contributed by atoms with Crippen molar-refractivity contribution in [1.29, 1.82) is 0 Å². The van der Waals surface area contributed by atoms with Crippen LogP contribution in [0.2, 0.25) is 0 Å². The molecule has 1 saturated heterocycles. The van der Waals surface area contributed by atoms with Crippen LogP contribution < -0.4 is 5.32 Å². The molecule has 2 amide bonds. The van der Waals surface area contributed by atoms with Crippen LogP contribution in [0.1, 0.15) is 31.4 Å². The molecule has 1 fully saturated rings. The van der Waals surface area contributed by atoms with Gasteiger partial charge in [-0.25, -0.2) is 14.8 Å². The molecule has 110 valence electrons. The predicted molar refractivity (Wildman–Crippen MR) is 82.2 cm³/mol. The number of nitrogens with zero attached hydrogens (tertiary/aromatic N) is 3. The number of carbonyl (C=O) groups is 1. The Labute approximate surface area is 124 Å². The Morgan fingerprint density at radius 3 is 2.90 bits per heavy atom. The molecule has 0 saturated carbocycles. The number of pyridine rings is 2. The molecule has 5 heteroatoms. The van der Waals surface area contributed by atoms with Gasteiger partial charge in [0, 0.05) is 42.8 Å². The van der Waals surface area contributed by atoms with Gasteiger partial charge in [0.15, 0.2) is 5.65 Å². The average Bonchev–Trinajstić information content (AvgIpc) is 2.55. The second-order valence-corrected chi connectivity index (χ2v) is 5.38. The van der Waals surface area contributed by atoms with Crippen LogP contribution in [0.15, 0.2) is 30.5 Å². The summed E-state index contributed by atoms with van der Waals surface area (Å²) in [6.45, 7) is 4.20. The van der Waals surface area contributed by atoms with Crippen LogP contribution in [-0.4, -0.2) is 40.5 Å².